The van der Waals surface area contributed by atoms with Crippen LogP contribution in [0.5, 0.6) is 23.0 Å². The van der Waals surface area contributed by atoms with Crippen LogP contribution in [0.3, 0.4) is 0 Å². The van der Waals surface area contributed by atoms with Gasteiger partial charge in [0.25, 0.3) is 5.91 Å². The average molecular weight is 482 g/mol. The van der Waals surface area contributed by atoms with E-state index in [9.17, 15) is 20.1 Å². The number of nitrogens with zero attached hydrogens (tertiary/aromatic N) is 1. The van der Waals surface area contributed by atoms with E-state index in [4.69, 9.17) is 4.74 Å². The molecule has 1 aliphatic rings. The Hall–Kier alpha value is -4.45. The van der Waals surface area contributed by atoms with Crippen LogP contribution >= 0.6 is 0 Å². The van der Waals surface area contributed by atoms with E-state index < -0.39 is 5.41 Å². The first-order valence-electron chi connectivity index (χ1n) is 11.6. The van der Waals surface area contributed by atoms with Crippen molar-refractivity contribution in [1.29, 1.82) is 0 Å². The van der Waals surface area contributed by atoms with Crippen molar-refractivity contribution in [3.05, 3.63) is 106 Å². The quantitative estimate of drug-likeness (QED) is 0.345. The van der Waals surface area contributed by atoms with Crippen LogP contribution in [-0.2, 0) is 10.2 Å². The summed E-state index contributed by atoms with van der Waals surface area (Å²) in [7, 11) is 1.57. The van der Waals surface area contributed by atoms with E-state index in [1.165, 1.54) is 6.07 Å². The van der Waals surface area contributed by atoms with Crippen molar-refractivity contribution in [3.63, 3.8) is 0 Å². The van der Waals surface area contributed by atoms with Gasteiger partial charge in [-0.2, -0.15) is 0 Å². The summed E-state index contributed by atoms with van der Waals surface area (Å²) in [5.74, 6) is 0.252. The summed E-state index contributed by atoms with van der Waals surface area (Å²) in [6.07, 6.45) is 0. The van der Waals surface area contributed by atoms with Crippen LogP contribution in [0.4, 0.5) is 11.4 Å². The van der Waals surface area contributed by atoms with Crippen LogP contribution < -0.4 is 9.64 Å². The highest BCUT2D eigenvalue weighted by molar-refractivity contribution is 6.17. The van der Waals surface area contributed by atoms with Crippen molar-refractivity contribution in [1.82, 2.24) is 0 Å². The summed E-state index contributed by atoms with van der Waals surface area (Å²) in [5, 5.41) is 32.2. The molecule has 0 aliphatic carbocycles. The Morgan fingerprint density at radius 3 is 2.17 bits per heavy atom. The molecule has 3 N–H and O–H groups in total. The zero-order valence-electron chi connectivity index (χ0n) is 20.5. The van der Waals surface area contributed by atoms with E-state index in [2.05, 4.69) is 0 Å². The molecule has 0 radical (unpaired) electrons. The molecule has 0 spiro atoms. The minimum absolute atomic E-state index is 0.0622. The fourth-order valence-corrected chi connectivity index (χ4v) is 5.24. The molecule has 6 nitrogen and oxygen atoms in total. The second-order valence-corrected chi connectivity index (χ2v) is 9.17. The van der Waals surface area contributed by atoms with Crippen LogP contribution in [0.1, 0.15) is 33.4 Å². The molecule has 0 fully saturated rings. The Kier molecular flexibility index (Phi) is 5.40. The lowest BCUT2D eigenvalue weighted by Gasteiger charge is -2.32. The molecule has 1 amide bonds. The summed E-state index contributed by atoms with van der Waals surface area (Å²) < 4.78 is 5.42. The molecule has 1 unspecified atom stereocenters. The van der Waals surface area contributed by atoms with Gasteiger partial charge in [0.1, 0.15) is 28.4 Å². The number of anilines is 2. The summed E-state index contributed by atoms with van der Waals surface area (Å²) in [4.78, 5) is 16.4. The first-order chi connectivity index (χ1) is 17.2. The van der Waals surface area contributed by atoms with Crippen molar-refractivity contribution in [2.45, 2.75) is 26.2 Å². The van der Waals surface area contributed by atoms with Gasteiger partial charge in [0.15, 0.2) is 0 Å². The highest BCUT2D eigenvalue weighted by Gasteiger charge is 2.55. The number of ether oxygens (including phenoxy) is 1. The molecule has 36 heavy (non-hydrogen) atoms. The molecule has 5 rings (SSSR count). The Bertz CT molecular complexity index is 1500. The molecule has 1 aliphatic heterocycles. The summed E-state index contributed by atoms with van der Waals surface area (Å²) in [6.45, 7) is 5.18. The van der Waals surface area contributed by atoms with Crippen molar-refractivity contribution >= 4 is 17.3 Å². The number of hydrogen-bond donors (Lipinski definition) is 3. The van der Waals surface area contributed by atoms with Crippen molar-refractivity contribution in [2.75, 3.05) is 12.0 Å². The molecule has 182 valence electrons. The van der Waals surface area contributed by atoms with E-state index >= 15 is 0 Å². The number of aryl methyl sites for hydroxylation is 2. The Morgan fingerprint density at radius 2 is 1.47 bits per heavy atom. The first kappa shape index (κ1) is 23.3. The lowest BCUT2D eigenvalue weighted by atomic mass is 9.68. The van der Waals surface area contributed by atoms with Gasteiger partial charge >= 0.3 is 0 Å². The number of para-hydroxylation sites is 1. The topological polar surface area (TPSA) is 90.2 Å². The second kappa shape index (κ2) is 8.34. The second-order valence-electron chi connectivity index (χ2n) is 9.17. The largest absolute Gasteiger partial charge is 0.508 e. The van der Waals surface area contributed by atoms with Crippen LogP contribution in [0, 0.1) is 20.8 Å². The normalized spacial score (nSPS) is 16.8. The number of aromatic hydroxyl groups is 3. The first-order valence-corrected chi connectivity index (χ1v) is 11.6. The smallest absolute Gasteiger partial charge is 0.251 e. The third kappa shape index (κ3) is 3.14. The minimum atomic E-state index is -1.44. The predicted molar refractivity (Wildman–Crippen MR) is 139 cm³/mol. The number of carbonyl (C=O) groups is 1. The molecule has 4 aromatic rings. The number of rotatable bonds is 4. The molecule has 0 saturated heterocycles. The van der Waals surface area contributed by atoms with Gasteiger partial charge in [-0.05, 0) is 67.8 Å². The fourth-order valence-electron chi connectivity index (χ4n) is 5.24. The molecular weight excluding hydrogens is 454 g/mol. The molecule has 0 saturated carbocycles. The fraction of sp³-hybridized carbons (Fsp3) is 0.167. The van der Waals surface area contributed by atoms with E-state index in [-0.39, 0.29) is 28.7 Å². The van der Waals surface area contributed by atoms with Crippen molar-refractivity contribution in [3.8, 4) is 23.0 Å². The number of phenolic OH excluding ortho intramolecular Hbond substituents is 3. The van der Waals surface area contributed by atoms with Crippen LogP contribution in [0.2, 0.25) is 0 Å². The molecule has 1 heterocycles. The van der Waals surface area contributed by atoms with E-state index in [0.29, 0.717) is 44.9 Å². The molecule has 1 atom stereocenters. The van der Waals surface area contributed by atoms with Crippen LogP contribution in [0.25, 0.3) is 0 Å². The van der Waals surface area contributed by atoms with Gasteiger partial charge in [-0.1, -0.05) is 36.4 Å². The zero-order chi connectivity index (χ0) is 25.8. The maximum Gasteiger partial charge on any atom is 0.251 e. The predicted octanol–water partition coefficient (Wildman–Crippen LogP) is 5.75. The standard InChI is InChI=1S/C30H27NO5/c1-17-14-20(15-18(2)27(17)33)30(24-12-13-26(32)19(3)28(24)34)23-10-5-6-11-25(23)31(29(30)35)21-8-7-9-22(16-21)36-4/h5-16,32-34H,1-4H3. The summed E-state index contributed by atoms with van der Waals surface area (Å²) in [6, 6.07) is 21.4. The number of fused-ring (bicyclic) bond motifs is 1. The molecule has 0 bridgehead atoms. The molecule has 0 aromatic heterocycles. The average Bonchev–Trinajstić information content (AvgIpc) is 3.14. The number of methoxy groups -OCH3 is 1. The summed E-state index contributed by atoms with van der Waals surface area (Å²) >= 11 is 0. The highest BCUT2D eigenvalue weighted by Crippen LogP contribution is 2.56. The summed E-state index contributed by atoms with van der Waals surface area (Å²) in [5.41, 5.74) is 3.01. The van der Waals surface area contributed by atoms with E-state index in [1.807, 2.05) is 42.5 Å². The number of benzene rings is 4. The van der Waals surface area contributed by atoms with Crippen molar-refractivity contribution in [2.24, 2.45) is 0 Å². The highest BCUT2D eigenvalue weighted by atomic mass is 16.5. The number of phenols is 3. The molecular formula is C30H27NO5. The molecule has 6 heteroatoms. The van der Waals surface area contributed by atoms with Crippen molar-refractivity contribution < 1.29 is 24.9 Å². The maximum absolute atomic E-state index is 14.8. The molecule has 4 aromatic carbocycles. The van der Waals surface area contributed by atoms with Gasteiger partial charge in [0.2, 0.25) is 0 Å². The number of hydrogen-bond acceptors (Lipinski definition) is 5. The van der Waals surface area contributed by atoms with Gasteiger partial charge in [0, 0.05) is 22.8 Å². The number of carbonyl (C=O) groups excluding carboxylic acids is 1. The van der Waals surface area contributed by atoms with Gasteiger partial charge in [-0.15, -0.1) is 0 Å². The monoisotopic (exact) mass is 481 g/mol. The van der Waals surface area contributed by atoms with E-state index in [1.54, 1.807) is 57.0 Å². The van der Waals surface area contributed by atoms with Crippen LogP contribution in [-0.4, -0.2) is 28.3 Å². The van der Waals surface area contributed by atoms with Crippen LogP contribution in [0.15, 0.2) is 72.8 Å². The van der Waals surface area contributed by atoms with Gasteiger partial charge in [-0.25, -0.2) is 0 Å². The van der Waals surface area contributed by atoms with Gasteiger partial charge in [0.05, 0.1) is 18.5 Å². The third-order valence-electron chi connectivity index (χ3n) is 7.11. The lowest BCUT2D eigenvalue weighted by molar-refractivity contribution is -0.120. The minimum Gasteiger partial charge on any atom is -0.508 e. The van der Waals surface area contributed by atoms with Gasteiger partial charge in [-0.3, -0.25) is 9.69 Å². The lowest BCUT2D eigenvalue weighted by Crippen LogP contribution is -2.40. The van der Waals surface area contributed by atoms with E-state index in [0.717, 1.165) is 0 Å². The third-order valence-corrected chi connectivity index (χ3v) is 7.11. The van der Waals surface area contributed by atoms with Gasteiger partial charge < -0.3 is 20.1 Å². The zero-order valence-corrected chi connectivity index (χ0v) is 20.5. The maximum atomic E-state index is 14.8. The number of amides is 1. The Labute approximate surface area is 209 Å². The Balaban J connectivity index is 1.92. The Morgan fingerprint density at radius 1 is 0.778 bits per heavy atom. The SMILES string of the molecule is COc1cccc(N2C(=O)C(c3cc(C)c(O)c(C)c3)(c3ccc(O)c(C)c3O)c3ccccc32)c1.